The van der Waals surface area contributed by atoms with Gasteiger partial charge in [-0.25, -0.2) is 4.39 Å². The second-order valence-corrected chi connectivity index (χ2v) is 7.30. The fraction of sp³-hybridized carbons (Fsp3) is 0.500. The van der Waals surface area contributed by atoms with E-state index in [0.29, 0.717) is 5.91 Å². The molecule has 1 aromatic carbocycles. The normalized spacial score (nSPS) is 19.5. The molecule has 2 aliphatic rings. The number of halogens is 1. The molecular weight excluding hydrogens is 317 g/mol. The molecule has 2 aromatic rings. The number of benzene rings is 1. The first-order valence-electron chi connectivity index (χ1n) is 9.30. The first kappa shape index (κ1) is 16.3. The lowest BCUT2D eigenvalue weighted by Crippen LogP contribution is -2.40. The van der Waals surface area contributed by atoms with Crippen LogP contribution in [0.2, 0.25) is 0 Å². The highest BCUT2D eigenvalue weighted by molar-refractivity contribution is 5.79. The number of hydrogen-bond acceptors (Lipinski definition) is 2. The SMILES string of the molecule is O=C(C1CCCC1)N1CCC(c2ccc(-c3cn[nH]c3)cc2F)CC1. The Bertz CT molecular complexity index is 729. The van der Waals surface area contributed by atoms with Gasteiger partial charge in [-0.2, -0.15) is 5.10 Å². The van der Waals surface area contributed by atoms with Gasteiger partial charge in [0.05, 0.1) is 6.20 Å². The molecule has 0 radical (unpaired) electrons. The molecule has 1 saturated carbocycles. The quantitative estimate of drug-likeness (QED) is 0.913. The van der Waals surface area contributed by atoms with E-state index in [-0.39, 0.29) is 17.7 Å². The molecule has 1 N–H and O–H groups in total. The molecule has 4 rings (SSSR count). The summed E-state index contributed by atoms with van der Waals surface area (Å²) in [5.41, 5.74) is 2.51. The van der Waals surface area contributed by atoms with Crippen molar-refractivity contribution in [2.45, 2.75) is 44.4 Å². The first-order valence-corrected chi connectivity index (χ1v) is 9.30. The Morgan fingerprint density at radius 3 is 2.52 bits per heavy atom. The number of carbonyl (C=O) groups is 1. The van der Waals surface area contributed by atoms with E-state index in [1.54, 1.807) is 18.5 Å². The van der Waals surface area contributed by atoms with Crippen LogP contribution in [-0.4, -0.2) is 34.1 Å². The largest absolute Gasteiger partial charge is 0.342 e. The lowest BCUT2D eigenvalue weighted by molar-refractivity contribution is -0.136. The smallest absolute Gasteiger partial charge is 0.225 e. The second-order valence-electron chi connectivity index (χ2n) is 7.30. The average Bonchev–Trinajstić information content (AvgIpc) is 3.35. The maximum absolute atomic E-state index is 14.6. The lowest BCUT2D eigenvalue weighted by Gasteiger charge is -2.34. The van der Waals surface area contributed by atoms with Crippen LogP contribution in [0.4, 0.5) is 4.39 Å². The van der Waals surface area contributed by atoms with E-state index in [9.17, 15) is 9.18 Å². The Morgan fingerprint density at radius 2 is 1.88 bits per heavy atom. The summed E-state index contributed by atoms with van der Waals surface area (Å²) < 4.78 is 14.6. The van der Waals surface area contributed by atoms with Crippen molar-refractivity contribution in [2.75, 3.05) is 13.1 Å². The lowest BCUT2D eigenvalue weighted by atomic mass is 9.87. The summed E-state index contributed by atoms with van der Waals surface area (Å²) in [7, 11) is 0. The number of hydrogen-bond donors (Lipinski definition) is 1. The Hall–Kier alpha value is -2.17. The fourth-order valence-electron chi connectivity index (χ4n) is 4.29. The van der Waals surface area contributed by atoms with Crippen molar-refractivity contribution in [1.29, 1.82) is 0 Å². The molecule has 2 heterocycles. The molecule has 1 aliphatic heterocycles. The van der Waals surface area contributed by atoms with Crippen LogP contribution in [0.15, 0.2) is 30.6 Å². The van der Waals surface area contributed by atoms with Gasteiger partial charge < -0.3 is 4.90 Å². The number of H-pyrrole nitrogens is 1. The van der Waals surface area contributed by atoms with Gasteiger partial charge in [-0.05, 0) is 48.8 Å². The third kappa shape index (κ3) is 3.32. The minimum Gasteiger partial charge on any atom is -0.342 e. The maximum atomic E-state index is 14.6. The monoisotopic (exact) mass is 341 g/mol. The van der Waals surface area contributed by atoms with E-state index in [1.807, 2.05) is 17.0 Å². The van der Waals surface area contributed by atoms with Gasteiger partial charge in [-0.1, -0.05) is 25.0 Å². The Morgan fingerprint density at radius 1 is 1.12 bits per heavy atom. The van der Waals surface area contributed by atoms with Crippen LogP contribution in [-0.2, 0) is 4.79 Å². The minimum absolute atomic E-state index is 0.153. The van der Waals surface area contributed by atoms with Crippen LogP contribution in [0.25, 0.3) is 11.1 Å². The molecule has 25 heavy (non-hydrogen) atoms. The van der Waals surface area contributed by atoms with Crippen molar-refractivity contribution >= 4 is 5.91 Å². The Balaban J connectivity index is 1.41. The number of aromatic amines is 1. The molecule has 0 bridgehead atoms. The molecule has 132 valence electrons. The Labute approximate surface area is 147 Å². The topological polar surface area (TPSA) is 49.0 Å². The highest BCUT2D eigenvalue weighted by Crippen LogP contribution is 2.34. The summed E-state index contributed by atoms with van der Waals surface area (Å²) in [5.74, 6) is 0.611. The number of carbonyl (C=O) groups excluding carboxylic acids is 1. The summed E-state index contributed by atoms with van der Waals surface area (Å²) in [5, 5.41) is 6.67. The van der Waals surface area contributed by atoms with Gasteiger partial charge in [0.2, 0.25) is 5.91 Å². The third-order valence-corrected chi connectivity index (χ3v) is 5.78. The number of nitrogens with zero attached hydrogens (tertiary/aromatic N) is 2. The molecule has 4 nitrogen and oxygen atoms in total. The number of nitrogens with one attached hydrogen (secondary N) is 1. The van der Waals surface area contributed by atoms with Crippen LogP contribution >= 0.6 is 0 Å². The summed E-state index contributed by atoms with van der Waals surface area (Å²) in [6, 6.07) is 5.45. The van der Waals surface area contributed by atoms with Crippen LogP contribution in [0.1, 0.15) is 50.0 Å². The molecular formula is C20H24FN3O. The summed E-state index contributed by atoms with van der Waals surface area (Å²) in [6.45, 7) is 1.51. The van der Waals surface area contributed by atoms with Gasteiger partial charge >= 0.3 is 0 Å². The number of rotatable bonds is 3. The van der Waals surface area contributed by atoms with Crippen molar-refractivity contribution in [3.63, 3.8) is 0 Å². The van der Waals surface area contributed by atoms with E-state index in [4.69, 9.17) is 0 Å². The van der Waals surface area contributed by atoms with Crippen LogP contribution in [0, 0.1) is 11.7 Å². The van der Waals surface area contributed by atoms with E-state index in [0.717, 1.165) is 55.5 Å². The summed E-state index contributed by atoms with van der Waals surface area (Å²) in [6.07, 6.45) is 9.61. The van der Waals surface area contributed by atoms with Crippen LogP contribution in [0.5, 0.6) is 0 Å². The summed E-state index contributed by atoms with van der Waals surface area (Å²) in [4.78, 5) is 14.5. The number of amides is 1. The van der Waals surface area contributed by atoms with Gasteiger partial charge in [0.1, 0.15) is 5.82 Å². The second kappa shape index (κ2) is 6.98. The van der Waals surface area contributed by atoms with E-state index < -0.39 is 0 Å². The maximum Gasteiger partial charge on any atom is 0.225 e. The van der Waals surface area contributed by atoms with Crippen LogP contribution in [0.3, 0.4) is 0 Å². The van der Waals surface area contributed by atoms with E-state index in [2.05, 4.69) is 10.2 Å². The molecule has 1 aliphatic carbocycles. The van der Waals surface area contributed by atoms with Gasteiger partial charge in [0, 0.05) is 30.8 Å². The van der Waals surface area contributed by atoms with Gasteiger partial charge in [0.15, 0.2) is 0 Å². The summed E-state index contributed by atoms with van der Waals surface area (Å²) >= 11 is 0. The Kier molecular flexibility index (Phi) is 4.55. The minimum atomic E-state index is -0.153. The zero-order valence-electron chi connectivity index (χ0n) is 14.4. The van der Waals surface area contributed by atoms with Crippen molar-refractivity contribution in [1.82, 2.24) is 15.1 Å². The number of likely N-dealkylation sites (tertiary alicyclic amines) is 1. The van der Waals surface area contributed by atoms with Crippen LogP contribution < -0.4 is 0 Å². The third-order valence-electron chi connectivity index (χ3n) is 5.78. The zero-order valence-corrected chi connectivity index (χ0v) is 14.4. The molecule has 0 atom stereocenters. The number of aromatic nitrogens is 2. The molecule has 5 heteroatoms. The van der Waals surface area contributed by atoms with Gasteiger partial charge in [0.25, 0.3) is 0 Å². The highest BCUT2D eigenvalue weighted by atomic mass is 19.1. The molecule has 0 spiro atoms. The predicted octanol–water partition coefficient (Wildman–Crippen LogP) is 4.11. The van der Waals surface area contributed by atoms with Crippen molar-refractivity contribution < 1.29 is 9.18 Å². The highest BCUT2D eigenvalue weighted by Gasteiger charge is 2.31. The van der Waals surface area contributed by atoms with E-state index in [1.165, 1.54) is 12.8 Å². The predicted molar refractivity (Wildman–Crippen MR) is 94.5 cm³/mol. The zero-order chi connectivity index (χ0) is 17.2. The van der Waals surface area contributed by atoms with E-state index >= 15 is 0 Å². The molecule has 1 saturated heterocycles. The fourth-order valence-corrected chi connectivity index (χ4v) is 4.29. The van der Waals surface area contributed by atoms with Gasteiger partial charge in [-0.15, -0.1) is 0 Å². The molecule has 1 aromatic heterocycles. The molecule has 2 fully saturated rings. The van der Waals surface area contributed by atoms with Crippen molar-refractivity contribution in [3.05, 3.63) is 42.0 Å². The molecule has 1 amide bonds. The first-order chi connectivity index (χ1) is 12.2. The van der Waals surface area contributed by atoms with Crippen molar-refractivity contribution in [2.24, 2.45) is 5.92 Å². The van der Waals surface area contributed by atoms with Gasteiger partial charge in [-0.3, -0.25) is 9.89 Å². The van der Waals surface area contributed by atoms with Crippen molar-refractivity contribution in [3.8, 4) is 11.1 Å². The number of piperidine rings is 1. The standard InChI is InChI=1S/C20H24FN3O/c21-19-11-16(17-12-22-23-13-17)5-6-18(19)14-7-9-24(10-8-14)20(25)15-3-1-2-4-15/h5-6,11-15H,1-4,7-10H2,(H,22,23). The average molecular weight is 341 g/mol. The molecule has 0 unspecified atom stereocenters.